The summed E-state index contributed by atoms with van der Waals surface area (Å²) < 4.78 is 1.13. The third kappa shape index (κ3) is 3.07. The lowest BCUT2D eigenvalue weighted by Crippen LogP contribution is -2.32. The Morgan fingerprint density at radius 1 is 1.44 bits per heavy atom. The van der Waals surface area contributed by atoms with E-state index in [2.05, 4.69) is 46.0 Å². The Hall–Kier alpha value is -0.540. The summed E-state index contributed by atoms with van der Waals surface area (Å²) in [7, 11) is 0. The Morgan fingerprint density at radius 3 is 2.61 bits per heavy atom. The molecule has 0 bridgehead atoms. The summed E-state index contributed by atoms with van der Waals surface area (Å²) in [5.41, 5.74) is 8.43. The summed E-state index contributed by atoms with van der Waals surface area (Å²) >= 11 is 3.64. The minimum Gasteiger partial charge on any atom is -0.372 e. The van der Waals surface area contributed by atoms with Crippen molar-refractivity contribution < 1.29 is 0 Å². The van der Waals surface area contributed by atoms with Crippen molar-refractivity contribution in [1.29, 1.82) is 0 Å². The van der Waals surface area contributed by atoms with Crippen LogP contribution in [0.15, 0.2) is 22.7 Å². The summed E-state index contributed by atoms with van der Waals surface area (Å²) in [6.07, 6.45) is 4.21. The molecule has 1 atom stereocenters. The average molecular weight is 311 g/mol. The standard InChI is InChI=1S/C15H23BrN2/c1-3-18(10-12-5-4-6-12)13-7-8-14(11(2)17)15(16)9-13/h7-9,11-12H,3-6,10,17H2,1-2H3/t11-/m1/s1. The highest BCUT2D eigenvalue weighted by Gasteiger charge is 2.20. The second kappa shape index (κ2) is 6.07. The molecule has 0 aromatic heterocycles. The number of nitrogens with two attached hydrogens (primary N) is 1. The Bertz CT molecular complexity index is 399. The molecule has 2 N–H and O–H groups in total. The van der Waals surface area contributed by atoms with Gasteiger partial charge in [-0.15, -0.1) is 0 Å². The van der Waals surface area contributed by atoms with Gasteiger partial charge in [-0.05, 0) is 50.3 Å². The number of anilines is 1. The molecule has 0 spiro atoms. The van der Waals surface area contributed by atoms with Crippen LogP contribution < -0.4 is 10.6 Å². The minimum atomic E-state index is 0.0788. The van der Waals surface area contributed by atoms with Gasteiger partial charge in [0.15, 0.2) is 0 Å². The zero-order valence-electron chi connectivity index (χ0n) is 11.3. The van der Waals surface area contributed by atoms with Gasteiger partial charge in [-0.2, -0.15) is 0 Å². The lowest BCUT2D eigenvalue weighted by molar-refractivity contribution is 0.318. The molecule has 1 saturated carbocycles. The molecule has 0 aliphatic heterocycles. The van der Waals surface area contributed by atoms with E-state index in [1.54, 1.807) is 0 Å². The highest BCUT2D eigenvalue weighted by Crippen LogP contribution is 2.31. The Labute approximate surface area is 119 Å². The van der Waals surface area contributed by atoms with E-state index in [0.717, 1.165) is 16.9 Å². The van der Waals surface area contributed by atoms with E-state index < -0.39 is 0 Å². The molecule has 3 heteroatoms. The molecule has 1 aliphatic rings. The van der Waals surface area contributed by atoms with Crippen LogP contribution in [0.1, 0.15) is 44.7 Å². The van der Waals surface area contributed by atoms with Gasteiger partial charge in [0, 0.05) is 29.3 Å². The average Bonchev–Trinajstić information content (AvgIpc) is 2.27. The molecule has 0 radical (unpaired) electrons. The molecule has 1 aromatic rings. The molecule has 1 aliphatic carbocycles. The summed E-state index contributed by atoms with van der Waals surface area (Å²) in [5, 5.41) is 0. The normalized spacial score (nSPS) is 17.3. The van der Waals surface area contributed by atoms with Crippen molar-refractivity contribution in [1.82, 2.24) is 0 Å². The molecule has 100 valence electrons. The monoisotopic (exact) mass is 310 g/mol. The lowest BCUT2D eigenvalue weighted by Gasteiger charge is -2.33. The first kappa shape index (κ1) is 13.9. The van der Waals surface area contributed by atoms with Gasteiger partial charge < -0.3 is 10.6 Å². The number of benzene rings is 1. The highest BCUT2D eigenvalue weighted by atomic mass is 79.9. The van der Waals surface area contributed by atoms with Gasteiger partial charge in [0.2, 0.25) is 0 Å². The van der Waals surface area contributed by atoms with Crippen molar-refractivity contribution in [3.05, 3.63) is 28.2 Å². The number of halogens is 1. The van der Waals surface area contributed by atoms with E-state index in [1.807, 2.05) is 6.92 Å². The van der Waals surface area contributed by atoms with E-state index in [4.69, 9.17) is 5.73 Å². The molecule has 2 nitrogen and oxygen atoms in total. The van der Waals surface area contributed by atoms with Gasteiger partial charge in [0.1, 0.15) is 0 Å². The second-order valence-corrected chi connectivity index (χ2v) is 6.18. The summed E-state index contributed by atoms with van der Waals surface area (Å²) in [5.74, 6) is 0.900. The zero-order chi connectivity index (χ0) is 13.1. The third-order valence-corrected chi connectivity index (χ3v) is 4.61. The maximum atomic E-state index is 5.94. The SMILES string of the molecule is CCN(CC1CCC1)c1ccc([C@@H](C)N)c(Br)c1. The number of hydrogen-bond donors (Lipinski definition) is 1. The summed E-state index contributed by atoms with van der Waals surface area (Å²) in [4.78, 5) is 2.47. The molecular formula is C15H23BrN2. The fourth-order valence-corrected chi connectivity index (χ4v) is 3.21. The summed E-state index contributed by atoms with van der Waals surface area (Å²) in [6.45, 7) is 6.51. The highest BCUT2D eigenvalue weighted by molar-refractivity contribution is 9.10. The summed E-state index contributed by atoms with van der Waals surface area (Å²) in [6, 6.07) is 6.63. The van der Waals surface area contributed by atoms with Crippen LogP contribution in [0, 0.1) is 5.92 Å². The van der Waals surface area contributed by atoms with Crippen molar-refractivity contribution in [2.24, 2.45) is 11.7 Å². The molecule has 0 heterocycles. The lowest BCUT2D eigenvalue weighted by atomic mass is 9.85. The van der Waals surface area contributed by atoms with Crippen molar-refractivity contribution in [3.8, 4) is 0 Å². The number of hydrogen-bond acceptors (Lipinski definition) is 2. The van der Waals surface area contributed by atoms with Gasteiger partial charge >= 0.3 is 0 Å². The minimum absolute atomic E-state index is 0.0788. The van der Waals surface area contributed by atoms with Gasteiger partial charge in [-0.25, -0.2) is 0 Å². The first-order valence-electron chi connectivity index (χ1n) is 6.91. The first-order valence-corrected chi connectivity index (χ1v) is 7.71. The number of nitrogens with zero attached hydrogens (tertiary/aromatic N) is 1. The van der Waals surface area contributed by atoms with Crippen LogP contribution in [0.5, 0.6) is 0 Å². The van der Waals surface area contributed by atoms with Crippen LogP contribution in [0.4, 0.5) is 5.69 Å². The van der Waals surface area contributed by atoms with Crippen LogP contribution in [0.2, 0.25) is 0 Å². The number of rotatable bonds is 5. The molecule has 1 aromatic carbocycles. The molecule has 0 saturated heterocycles. The van der Waals surface area contributed by atoms with E-state index in [9.17, 15) is 0 Å². The smallest absolute Gasteiger partial charge is 0.0377 e. The Balaban J connectivity index is 2.12. The van der Waals surface area contributed by atoms with Crippen molar-refractivity contribution >= 4 is 21.6 Å². The van der Waals surface area contributed by atoms with E-state index in [0.29, 0.717) is 0 Å². The largest absolute Gasteiger partial charge is 0.372 e. The van der Waals surface area contributed by atoms with Gasteiger partial charge in [-0.3, -0.25) is 0 Å². The van der Waals surface area contributed by atoms with Crippen LogP contribution >= 0.6 is 15.9 Å². The molecule has 2 rings (SSSR count). The molecule has 0 amide bonds. The predicted molar refractivity (Wildman–Crippen MR) is 82.0 cm³/mol. The van der Waals surface area contributed by atoms with E-state index >= 15 is 0 Å². The zero-order valence-corrected chi connectivity index (χ0v) is 12.9. The van der Waals surface area contributed by atoms with Crippen LogP contribution in [0.3, 0.4) is 0 Å². The fraction of sp³-hybridized carbons (Fsp3) is 0.600. The van der Waals surface area contributed by atoms with Gasteiger partial charge in [0.05, 0.1) is 0 Å². The maximum absolute atomic E-state index is 5.94. The molecule has 1 fully saturated rings. The Kier molecular flexibility index (Phi) is 4.68. The molecule has 18 heavy (non-hydrogen) atoms. The van der Waals surface area contributed by atoms with Crippen LogP contribution in [-0.4, -0.2) is 13.1 Å². The third-order valence-electron chi connectivity index (χ3n) is 3.92. The van der Waals surface area contributed by atoms with Gasteiger partial charge in [-0.1, -0.05) is 28.4 Å². The van der Waals surface area contributed by atoms with Crippen molar-refractivity contribution in [3.63, 3.8) is 0 Å². The molecular weight excluding hydrogens is 288 g/mol. The first-order chi connectivity index (χ1) is 8.61. The van der Waals surface area contributed by atoms with Gasteiger partial charge in [0.25, 0.3) is 0 Å². The van der Waals surface area contributed by atoms with Crippen molar-refractivity contribution in [2.75, 3.05) is 18.0 Å². The van der Waals surface area contributed by atoms with E-state index in [1.165, 1.54) is 37.1 Å². The quantitative estimate of drug-likeness (QED) is 0.887. The van der Waals surface area contributed by atoms with Crippen molar-refractivity contribution in [2.45, 2.75) is 39.2 Å². The van der Waals surface area contributed by atoms with Crippen LogP contribution in [-0.2, 0) is 0 Å². The molecule has 0 unspecified atom stereocenters. The second-order valence-electron chi connectivity index (χ2n) is 5.33. The predicted octanol–water partition coefficient (Wildman–Crippen LogP) is 4.10. The fourth-order valence-electron chi connectivity index (χ4n) is 2.49. The van der Waals surface area contributed by atoms with E-state index in [-0.39, 0.29) is 6.04 Å². The Morgan fingerprint density at radius 2 is 2.17 bits per heavy atom. The maximum Gasteiger partial charge on any atom is 0.0377 e. The van der Waals surface area contributed by atoms with Crippen LogP contribution in [0.25, 0.3) is 0 Å². The topological polar surface area (TPSA) is 29.3 Å².